The largest absolute Gasteiger partial charge is 0.346 e. The van der Waals surface area contributed by atoms with E-state index in [-0.39, 0.29) is 24.0 Å². The lowest BCUT2D eigenvalue weighted by atomic mass is 10.2. The zero-order chi connectivity index (χ0) is 18.6. The number of amides is 1. The van der Waals surface area contributed by atoms with Gasteiger partial charge in [0.15, 0.2) is 11.5 Å². The quantitative estimate of drug-likeness (QED) is 0.699. The van der Waals surface area contributed by atoms with Crippen molar-refractivity contribution in [1.29, 1.82) is 0 Å². The molecule has 2 aromatic heterocycles. The van der Waals surface area contributed by atoms with Crippen molar-refractivity contribution in [2.45, 2.75) is 25.3 Å². The van der Waals surface area contributed by atoms with Gasteiger partial charge in [0.05, 0.1) is 30.0 Å². The predicted octanol–water partition coefficient (Wildman–Crippen LogP) is 2.96. The first-order valence-corrected chi connectivity index (χ1v) is 8.60. The van der Waals surface area contributed by atoms with Crippen LogP contribution in [0.1, 0.15) is 40.5 Å². The summed E-state index contributed by atoms with van der Waals surface area (Å²) in [5.41, 5.74) is 2.27. The van der Waals surface area contributed by atoms with Crippen molar-refractivity contribution in [2.75, 3.05) is 5.32 Å². The second-order valence-electron chi connectivity index (χ2n) is 6.33. The number of halogens is 1. The lowest BCUT2D eigenvalue weighted by molar-refractivity contribution is 0.0946. The van der Waals surface area contributed by atoms with Crippen molar-refractivity contribution >= 4 is 17.4 Å². The van der Waals surface area contributed by atoms with Crippen molar-refractivity contribution < 1.29 is 9.18 Å². The van der Waals surface area contributed by atoms with Gasteiger partial charge in [0.2, 0.25) is 0 Å². The summed E-state index contributed by atoms with van der Waals surface area (Å²) in [5.74, 6) is -0.0374. The summed E-state index contributed by atoms with van der Waals surface area (Å²) >= 11 is 0. The summed E-state index contributed by atoms with van der Waals surface area (Å²) in [7, 11) is 0. The highest BCUT2D eigenvalue weighted by molar-refractivity contribution is 5.97. The topological polar surface area (TPSA) is 92.7 Å². The molecule has 0 aliphatic heterocycles. The summed E-state index contributed by atoms with van der Waals surface area (Å²) < 4.78 is 13.3. The molecule has 8 heteroatoms. The third-order valence-electron chi connectivity index (χ3n) is 4.17. The molecule has 4 rings (SSSR count). The van der Waals surface area contributed by atoms with E-state index >= 15 is 0 Å². The molecule has 0 bridgehead atoms. The molecule has 27 heavy (non-hydrogen) atoms. The molecule has 3 aromatic rings. The lowest BCUT2D eigenvalue weighted by Crippen LogP contribution is -2.25. The monoisotopic (exact) mass is 364 g/mol. The molecule has 0 spiro atoms. The second-order valence-corrected chi connectivity index (χ2v) is 6.33. The first-order valence-electron chi connectivity index (χ1n) is 8.60. The molecular formula is C19H17FN6O. The van der Waals surface area contributed by atoms with E-state index in [0.29, 0.717) is 23.0 Å². The van der Waals surface area contributed by atoms with Crippen molar-refractivity contribution in [3.05, 3.63) is 72.0 Å². The summed E-state index contributed by atoms with van der Waals surface area (Å²) in [6.45, 7) is 0.194. The van der Waals surface area contributed by atoms with Crippen LogP contribution < -0.4 is 10.6 Å². The van der Waals surface area contributed by atoms with Crippen LogP contribution in [-0.2, 0) is 6.54 Å². The zero-order valence-electron chi connectivity index (χ0n) is 14.4. The zero-order valence-corrected chi connectivity index (χ0v) is 14.4. The fourth-order valence-electron chi connectivity index (χ4n) is 2.64. The van der Waals surface area contributed by atoms with Crippen LogP contribution in [0.25, 0.3) is 0 Å². The number of aromatic nitrogens is 4. The number of carbonyl (C=O) groups is 1. The molecule has 1 saturated carbocycles. The van der Waals surface area contributed by atoms with Gasteiger partial charge in [0, 0.05) is 12.5 Å². The number of benzene rings is 1. The van der Waals surface area contributed by atoms with Gasteiger partial charge in [-0.1, -0.05) is 12.1 Å². The smallest absolute Gasteiger partial charge is 0.274 e. The standard InChI is InChI=1S/C19H17FN6O/c20-14-3-1-2-12(6-14)7-24-19(27)17-18(25-15-8-21-11-22-9-15)23-10-16(26-17)13-4-5-13/h1-3,6,8-11,13H,4-5,7H2,(H,23,25)(H,24,27). The van der Waals surface area contributed by atoms with Crippen LogP contribution in [0.5, 0.6) is 0 Å². The van der Waals surface area contributed by atoms with Gasteiger partial charge in [0.1, 0.15) is 12.1 Å². The highest BCUT2D eigenvalue weighted by Crippen LogP contribution is 2.39. The van der Waals surface area contributed by atoms with Crippen LogP contribution in [0.3, 0.4) is 0 Å². The normalized spacial score (nSPS) is 13.2. The Balaban J connectivity index is 1.56. The van der Waals surface area contributed by atoms with Crippen LogP contribution in [0.2, 0.25) is 0 Å². The van der Waals surface area contributed by atoms with E-state index in [1.807, 2.05) is 0 Å². The van der Waals surface area contributed by atoms with E-state index in [2.05, 4.69) is 30.6 Å². The number of rotatable bonds is 6. The number of hydrogen-bond donors (Lipinski definition) is 2. The Hall–Kier alpha value is -3.42. The minimum absolute atomic E-state index is 0.194. The van der Waals surface area contributed by atoms with Crippen molar-refractivity contribution in [1.82, 2.24) is 25.3 Å². The molecule has 0 atom stereocenters. The summed E-state index contributed by atoms with van der Waals surface area (Å²) in [6, 6.07) is 6.09. The highest BCUT2D eigenvalue weighted by atomic mass is 19.1. The fourth-order valence-corrected chi connectivity index (χ4v) is 2.64. The number of nitrogens with zero attached hydrogens (tertiary/aromatic N) is 4. The Kier molecular flexibility index (Phi) is 4.69. The molecule has 0 unspecified atom stereocenters. The highest BCUT2D eigenvalue weighted by Gasteiger charge is 2.27. The van der Waals surface area contributed by atoms with Crippen LogP contribution in [0, 0.1) is 5.82 Å². The Morgan fingerprint density at radius 1 is 1.19 bits per heavy atom. The first-order chi connectivity index (χ1) is 13.2. The Bertz CT molecular complexity index is 961. The maximum absolute atomic E-state index is 13.3. The van der Waals surface area contributed by atoms with Crippen LogP contribution >= 0.6 is 0 Å². The second kappa shape index (κ2) is 7.45. The molecule has 7 nitrogen and oxygen atoms in total. The van der Waals surface area contributed by atoms with E-state index in [4.69, 9.17) is 0 Å². The van der Waals surface area contributed by atoms with Crippen molar-refractivity contribution in [3.8, 4) is 0 Å². The van der Waals surface area contributed by atoms with Gasteiger partial charge in [-0.2, -0.15) is 0 Å². The number of anilines is 2. The van der Waals surface area contributed by atoms with E-state index in [9.17, 15) is 9.18 Å². The molecule has 1 aliphatic rings. The van der Waals surface area contributed by atoms with Gasteiger partial charge < -0.3 is 10.6 Å². The van der Waals surface area contributed by atoms with E-state index in [1.54, 1.807) is 30.7 Å². The molecule has 2 heterocycles. The predicted molar refractivity (Wildman–Crippen MR) is 96.9 cm³/mol. The van der Waals surface area contributed by atoms with Gasteiger partial charge in [0.25, 0.3) is 5.91 Å². The summed E-state index contributed by atoms with van der Waals surface area (Å²) in [5, 5.41) is 5.80. The Labute approximate surface area is 155 Å². The number of hydrogen-bond acceptors (Lipinski definition) is 6. The Morgan fingerprint density at radius 2 is 2.00 bits per heavy atom. The van der Waals surface area contributed by atoms with Gasteiger partial charge >= 0.3 is 0 Å². The first kappa shape index (κ1) is 17.0. The molecule has 2 N–H and O–H groups in total. The van der Waals surface area contributed by atoms with Crippen molar-refractivity contribution in [3.63, 3.8) is 0 Å². The van der Waals surface area contributed by atoms with Gasteiger partial charge in [-0.05, 0) is 30.5 Å². The molecule has 0 radical (unpaired) electrons. The van der Waals surface area contributed by atoms with E-state index in [1.165, 1.54) is 18.5 Å². The molecule has 1 aliphatic carbocycles. The maximum Gasteiger partial charge on any atom is 0.274 e. The third kappa shape index (κ3) is 4.22. The molecule has 1 amide bonds. The molecule has 136 valence electrons. The molecule has 0 saturated heterocycles. The average Bonchev–Trinajstić information content (AvgIpc) is 3.53. The van der Waals surface area contributed by atoms with E-state index < -0.39 is 0 Å². The van der Waals surface area contributed by atoms with E-state index in [0.717, 1.165) is 18.5 Å². The van der Waals surface area contributed by atoms with Gasteiger partial charge in [-0.25, -0.2) is 24.3 Å². The number of carbonyl (C=O) groups excluding carboxylic acids is 1. The molecule has 1 aromatic carbocycles. The average molecular weight is 364 g/mol. The van der Waals surface area contributed by atoms with Gasteiger partial charge in [-0.15, -0.1) is 0 Å². The van der Waals surface area contributed by atoms with Crippen LogP contribution in [0.4, 0.5) is 15.9 Å². The fraction of sp³-hybridized carbons (Fsp3) is 0.211. The maximum atomic E-state index is 13.3. The van der Waals surface area contributed by atoms with Crippen LogP contribution in [0.15, 0.2) is 49.2 Å². The minimum Gasteiger partial charge on any atom is -0.346 e. The SMILES string of the molecule is O=C(NCc1cccc(F)c1)c1nc(C2CC2)cnc1Nc1cncnc1. The van der Waals surface area contributed by atoms with Crippen LogP contribution in [-0.4, -0.2) is 25.8 Å². The third-order valence-corrected chi connectivity index (χ3v) is 4.17. The van der Waals surface area contributed by atoms with Gasteiger partial charge in [-0.3, -0.25) is 4.79 Å². The van der Waals surface area contributed by atoms with Crippen molar-refractivity contribution in [2.24, 2.45) is 0 Å². The summed E-state index contributed by atoms with van der Waals surface area (Å²) in [6.07, 6.45) is 8.37. The number of nitrogens with one attached hydrogen (secondary N) is 2. The molecular weight excluding hydrogens is 347 g/mol. The summed E-state index contributed by atoms with van der Waals surface area (Å²) in [4.78, 5) is 29.5. The Morgan fingerprint density at radius 3 is 2.74 bits per heavy atom. The lowest BCUT2D eigenvalue weighted by Gasteiger charge is -2.12. The minimum atomic E-state index is -0.381. The molecule has 1 fully saturated rings.